The standard InChI is InChI=1S/C18H25N5O2.HI/c1-12-13(2)25-17(22-12)11-21-18(19-4)20-10-9-15-5-7-16(8-6-15)23-14(3)24;/h5-8H,9-11H2,1-4H3,(H,23,24)(H2,19,20,21);1H. The summed E-state index contributed by atoms with van der Waals surface area (Å²) in [5.74, 6) is 2.11. The van der Waals surface area contributed by atoms with E-state index in [1.54, 1.807) is 7.05 Å². The molecule has 0 aliphatic heterocycles. The molecule has 1 heterocycles. The van der Waals surface area contributed by atoms with E-state index in [0.29, 0.717) is 18.4 Å². The Morgan fingerprint density at radius 1 is 1.19 bits per heavy atom. The van der Waals surface area contributed by atoms with Gasteiger partial charge in [-0.2, -0.15) is 0 Å². The predicted molar refractivity (Wildman–Crippen MR) is 114 cm³/mol. The fraction of sp³-hybridized carbons (Fsp3) is 0.389. The third kappa shape index (κ3) is 7.03. The first kappa shape index (κ1) is 21.9. The van der Waals surface area contributed by atoms with Crippen LogP contribution in [0.4, 0.5) is 5.69 Å². The monoisotopic (exact) mass is 471 g/mol. The Labute approximate surface area is 171 Å². The summed E-state index contributed by atoms with van der Waals surface area (Å²) in [6.07, 6.45) is 0.846. The number of nitrogens with one attached hydrogen (secondary N) is 3. The van der Waals surface area contributed by atoms with Crippen LogP contribution in [0.25, 0.3) is 0 Å². The van der Waals surface area contributed by atoms with Crippen molar-refractivity contribution in [1.29, 1.82) is 0 Å². The summed E-state index contributed by atoms with van der Waals surface area (Å²) >= 11 is 0. The molecule has 0 aliphatic carbocycles. The molecular weight excluding hydrogens is 445 g/mol. The number of halogens is 1. The molecule has 1 aromatic heterocycles. The lowest BCUT2D eigenvalue weighted by Crippen LogP contribution is -2.37. The van der Waals surface area contributed by atoms with E-state index in [1.807, 2.05) is 38.1 Å². The Morgan fingerprint density at radius 3 is 2.42 bits per heavy atom. The van der Waals surface area contributed by atoms with Crippen molar-refractivity contribution in [2.45, 2.75) is 33.7 Å². The number of hydrogen-bond acceptors (Lipinski definition) is 4. The molecule has 8 heteroatoms. The highest BCUT2D eigenvalue weighted by molar-refractivity contribution is 14.0. The molecule has 142 valence electrons. The summed E-state index contributed by atoms with van der Waals surface area (Å²) < 4.78 is 5.54. The number of carbonyl (C=O) groups excluding carboxylic acids is 1. The number of nitrogens with zero attached hydrogens (tertiary/aromatic N) is 2. The van der Waals surface area contributed by atoms with Crippen LogP contribution in [0.2, 0.25) is 0 Å². The highest BCUT2D eigenvalue weighted by atomic mass is 127. The number of benzene rings is 1. The number of amides is 1. The number of oxazole rings is 1. The second-order valence-corrected chi connectivity index (χ2v) is 5.73. The number of aliphatic imine (C=N–C) groups is 1. The van der Waals surface area contributed by atoms with Crippen LogP contribution in [0.1, 0.15) is 29.8 Å². The molecule has 0 atom stereocenters. The van der Waals surface area contributed by atoms with Crippen LogP contribution in [0.3, 0.4) is 0 Å². The summed E-state index contributed by atoms with van der Waals surface area (Å²) in [5.41, 5.74) is 2.89. The number of aromatic nitrogens is 1. The number of carbonyl (C=O) groups is 1. The average Bonchev–Trinajstić information content (AvgIpc) is 2.90. The Bertz CT molecular complexity index is 721. The van der Waals surface area contributed by atoms with E-state index in [-0.39, 0.29) is 29.9 Å². The van der Waals surface area contributed by atoms with Crippen molar-refractivity contribution < 1.29 is 9.21 Å². The van der Waals surface area contributed by atoms with E-state index in [1.165, 1.54) is 12.5 Å². The van der Waals surface area contributed by atoms with Crippen molar-refractivity contribution in [3.63, 3.8) is 0 Å². The SMILES string of the molecule is CN=C(NCCc1ccc(NC(C)=O)cc1)NCc1nc(C)c(C)o1.I. The fourth-order valence-corrected chi connectivity index (χ4v) is 2.28. The fourth-order valence-electron chi connectivity index (χ4n) is 2.28. The molecule has 0 radical (unpaired) electrons. The smallest absolute Gasteiger partial charge is 0.221 e. The van der Waals surface area contributed by atoms with Gasteiger partial charge in [-0.05, 0) is 38.0 Å². The first-order valence-electron chi connectivity index (χ1n) is 8.22. The van der Waals surface area contributed by atoms with Gasteiger partial charge in [0.2, 0.25) is 11.8 Å². The van der Waals surface area contributed by atoms with Crippen LogP contribution in [0.15, 0.2) is 33.7 Å². The molecule has 0 saturated heterocycles. The largest absolute Gasteiger partial charge is 0.444 e. The topological polar surface area (TPSA) is 91.5 Å². The molecule has 3 N–H and O–H groups in total. The molecule has 26 heavy (non-hydrogen) atoms. The third-order valence-electron chi connectivity index (χ3n) is 3.68. The van der Waals surface area contributed by atoms with Crippen LogP contribution in [-0.4, -0.2) is 30.4 Å². The van der Waals surface area contributed by atoms with E-state index in [4.69, 9.17) is 4.42 Å². The van der Waals surface area contributed by atoms with Gasteiger partial charge in [0.25, 0.3) is 0 Å². The molecule has 1 aromatic carbocycles. The summed E-state index contributed by atoms with van der Waals surface area (Å²) in [6, 6.07) is 7.80. The van der Waals surface area contributed by atoms with E-state index < -0.39 is 0 Å². The third-order valence-corrected chi connectivity index (χ3v) is 3.68. The minimum Gasteiger partial charge on any atom is -0.444 e. The number of rotatable bonds is 6. The van der Waals surface area contributed by atoms with Crippen molar-refractivity contribution in [2.24, 2.45) is 4.99 Å². The van der Waals surface area contributed by atoms with E-state index >= 15 is 0 Å². The maximum atomic E-state index is 11.0. The van der Waals surface area contributed by atoms with Gasteiger partial charge in [-0.3, -0.25) is 9.79 Å². The minimum atomic E-state index is -0.0688. The van der Waals surface area contributed by atoms with Crippen LogP contribution in [0, 0.1) is 13.8 Å². The number of anilines is 1. The number of hydrogen-bond donors (Lipinski definition) is 3. The van der Waals surface area contributed by atoms with Gasteiger partial charge < -0.3 is 20.4 Å². The lowest BCUT2D eigenvalue weighted by atomic mass is 10.1. The molecule has 0 saturated carbocycles. The molecule has 0 spiro atoms. The van der Waals surface area contributed by atoms with Gasteiger partial charge in [0.1, 0.15) is 5.76 Å². The zero-order valence-corrected chi connectivity index (χ0v) is 17.9. The zero-order valence-electron chi connectivity index (χ0n) is 15.5. The molecule has 0 aliphatic rings. The van der Waals surface area contributed by atoms with Gasteiger partial charge >= 0.3 is 0 Å². The van der Waals surface area contributed by atoms with Gasteiger partial charge in [-0.1, -0.05) is 12.1 Å². The van der Waals surface area contributed by atoms with Crippen LogP contribution in [-0.2, 0) is 17.8 Å². The Hall–Kier alpha value is -2.10. The van der Waals surface area contributed by atoms with Crippen LogP contribution in [0.5, 0.6) is 0 Å². The van der Waals surface area contributed by atoms with Crippen molar-refractivity contribution in [3.05, 3.63) is 47.2 Å². The lowest BCUT2D eigenvalue weighted by Gasteiger charge is -2.11. The van der Waals surface area contributed by atoms with Gasteiger partial charge in [-0.25, -0.2) is 4.98 Å². The lowest BCUT2D eigenvalue weighted by molar-refractivity contribution is -0.114. The molecule has 2 rings (SSSR count). The summed E-state index contributed by atoms with van der Waals surface area (Å²) in [7, 11) is 1.73. The molecule has 0 fully saturated rings. The molecule has 1 amide bonds. The van der Waals surface area contributed by atoms with Crippen LogP contribution < -0.4 is 16.0 Å². The van der Waals surface area contributed by atoms with Gasteiger partial charge in [0, 0.05) is 26.2 Å². The second kappa shape index (κ2) is 10.8. The van der Waals surface area contributed by atoms with Crippen molar-refractivity contribution in [3.8, 4) is 0 Å². The van der Waals surface area contributed by atoms with Gasteiger partial charge in [0.15, 0.2) is 5.96 Å². The van der Waals surface area contributed by atoms with E-state index in [9.17, 15) is 4.79 Å². The van der Waals surface area contributed by atoms with Crippen LogP contribution >= 0.6 is 24.0 Å². The van der Waals surface area contributed by atoms with Gasteiger partial charge in [0.05, 0.1) is 12.2 Å². The van der Waals surface area contributed by atoms with E-state index in [2.05, 4.69) is 25.9 Å². The Balaban J connectivity index is 0.00000338. The first-order chi connectivity index (χ1) is 12.0. The first-order valence-corrected chi connectivity index (χ1v) is 8.22. The van der Waals surface area contributed by atoms with E-state index in [0.717, 1.165) is 30.1 Å². The van der Waals surface area contributed by atoms with Crippen molar-refractivity contribution in [1.82, 2.24) is 15.6 Å². The summed E-state index contributed by atoms with van der Waals surface area (Å²) in [6.45, 7) is 6.54. The Kier molecular flexibility index (Phi) is 9.11. The minimum absolute atomic E-state index is 0. The molecule has 0 unspecified atom stereocenters. The normalized spacial score (nSPS) is 10.8. The molecule has 2 aromatic rings. The number of guanidine groups is 1. The maximum Gasteiger partial charge on any atom is 0.221 e. The van der Waals surface area contributed by atoms with Crippen molar-refractivity contribution in [2.75, 3.05) is 18.9 Å². The van der Waals surface area contributed by atoms with Gasteiger partial charge in [-0.15, -0.1) is 24.0 Å². The molecule has 7 nitrogen and oxygen atoms in total. The second-order valence-electron chi connectivity index (χ2n) is 5.73. The quantitative estimate of drug-likeness (QED) is 0.343. The highest BCUT2D eigenvalue weighted by Crippen LogP contribution is 2.10. The van der Waals surface area contributed by atoms with Crippen molar-refractivity contribution >= 4 is 41.5 Å². The summed E-state index contributed by atoms with van der Waals surface area (Å²) in [4.78, 5) is 19.5. The maximum absolute atomic E-state index is 11.0. The number of aryl methyl sites for hydroxylation is 2. The summed E-state index contributed by atoms with van der Waals surface area (Å²) in [5, 5.41) is 9.19. The average molecular weight is 471 g/mol. The molecule has 0 bridgehead atoms. The highest BCUT2D eigenvalue weighted by Gasteiger charge is 2.06. The Morgan fingerprint density at radius 2 is 1.88 bits per heavy atom. The zero-order chi connectivity index (χ0) is 18.2. The predicted octanol–water partition coefficient (Wildman–Crippen LogP) is 2.78. The molecular formula is C18H26IN5O2.